The Balaban J connectivity index is 2.72. The van der Waals surface area contributed by atoms with Gasteiger partial charge in [0.15, 0.2) is 0 Å². The quantitative estimate of drug-likeness (QED) is 0.882. The van der Waals surface area contributed by atoms with Gasteiger partial charge in [0.05, 0.1) is 0 Å². The van der Waals surface area contributed by atoms with Crippen LogP contribution >= 0.6 is 0 Å². The van der Waals surface area contributed by atoms with E-state index in [-0.39, 0.29) is 11.6 Å². The number of aromatic nitrogens is 1. The van der Waals surface area contributed by atoms with Crippen LogP contribution in [0.1, 0.15) is 50.6 Å². The van der Waals surface area contributed by atoms with Gasteiger partial charge in [-0.1, -0.05) is 0 Å². The molecule has 0 unspecified atom stereocenters. The molecule has 0 spiro atoms. The van der Waals surface area contributed by atoms with Gasteiger partial charge in [-0.25, -0.2) is 0 Å². The summed E-state index contributed by atoms with van der Waals surface area (Å²) in [5, 5.41) is 0. The molecule has 1 aromatic rings. The number of nitrogens with zero attached hydrogens (tertiary/aromatic N) is 2. The summed E-state index contributed by atoms with van der Waals surface area (Å²) in [5.74, 6) is 0. The van der Waals surface area contributed by atoms with Gasteiger partial charge >= 0.3 is 0 Å². The van der Waals surface area contributed by atoms with Crippen LogP contribution in [0.25, 0.3) is 0 Å². The van der Waals surface area contributed by atoms with Crippen molar-refractivity contribution in [2.45, 2.75) is 52.2 Å². The summed E-state index contributed by atoms with van der Waals surface area (Å²) in [4.78, 5) is 15.0. The van der Waals surface area contributed by atoms with Gasteiger partial charge in [-0.15, -0.1) is 0 Å². The highest BCUT2D eigenvalue weighted by Crippen LogP contribution is 2.23. The van der Waals surface area contributed by atoms with Crippen LogP contribution < -0.4 is 11.3 Å². The number of hydrogen-bond donors (Lipinski definition) is 1. The second-order valence-corrected chi connectivity index (χ2v) is 6.51. The van der Waals surface area contributed by atoms with Gasteiger partial charge in [0, 0.05) is 42.3 Å². The zero-order chi connectivity index (χ0) is 14.4. The highest BCUT2D eigenvalue weighted by Gasteiger charge is 2.26. The summed E-state index contributed by atoms with van der Waals surface area (Å²) < 4.78 is 1.94. The van der Waals surface area contributed by atoms with Gasteiger partial charge in [-0.2, -0.15) is 0 Å². The van der Waals surface area contributed by atoms with E-state index in [0.717, 1.165) is 25.1 Å². The van der Waals surface area contributed by atoms with Crippen molar-refractivity contribution in [3.8, 4) is 0 Å². The van der Waals surface area contributed by atoms with Gasteiger partial charge in [-0.05, 0) is 46.4 Å². The lowest BCUT2D eigenvalue weighted by Gasteiger charge is -2.31. The van der Waals surface area contributed by atoms with E-state index in [1.807, 2.05) is 24.5 Å². The lowest BCUT2D eigenvalue weighted by Crippen LogP contribution is -2.42. The third-order valence-electron chi connectivity index (χ3n) is 3.81. The van der Waals surface area contributed by atoms with Crippen LogP contribution in [0.2, 0.25) is 0 Å². The Morgan fingerprint density at radius 2 is 2.00 bits per heavy atom. The number of nitrogens with two attached hydrogens (primary N) is 1. The van der Waals surface area contributed by atoms with Crippen LogP contribution in [0.15, 0.2) is 10.9 Å². The molecule has 0 fully saturated rings. The Bertz CT molecular complexity index is 538. The molecule has 4 heteroatoms. The molecule has 0 bridgehead atoms. The van der Waals surface area contributed by atoms with Crippen molar-refractivity contribution in [3.05, 3.63) is 33.2 Å². The molecular weight excluding hydrogens is 238 g/mol. The number of pyridine rings is 1. The molecule has 1 aromatic heterocycles. The molecule has 4 nitrogen and oxygen atoms in total. The summed E-state index contributed by atoms with van der Waals surface area (Å²) in [6.45, 7) is 9.82. The molecule has 2 rings (SSSR count). The number of hydrogen-bond acceptors (Lipinski definition) is 3. The van der Waals surface area contributed by atoms with Crippen LogP contribution in [0, 0.1) is 0 Å². The molecule has 0 saturated carbocycles. The number of fused-ring (bicyclic) bond motifs is 1. The average molecular weight is 263 g/mol. The van der Waals surface area contributed by atoms with Crippen LogP contribution in [-0.4, -0.2) is 23.1 Å². The Morgan fingerprint density at radius 1 is 1.37 bits per heavy atom. The molecule has 0 aromatic carbocycles. The van der Waals surface area contributed by atoms with Crippen LogP contribution in [0.5, 0.6) is 0 Å². The molecule has 0 atom stereocenters. The molecule has 0 saturated heterocycles. The maximum Gasteiger partial charge on any atom is 0.256 e. The molecule has 0 amide bonds. The molecular formula is C15H25N3O. The third-order valence-corrected chi connectivity index (χ3v) is 3.81. The first-order chi connectivity index (χ1) is 8.71. The minimum absolute atomic E-state index is 0.0748. The molecule has 2 N–H and O–H groups in total. The topological polar surface area (TPSA) is 51.3 Å². The van der Waals surface area contributed by atoms with E-state index in [2.05, 4.69) is 25.8 Å². The summed E-state index contributed by atoms with van der Waals surface area (Å²) in [6.07, 6.45) is 0.935. The van der Waals surface area contributed by atoms with E-state index < -0.39 is 5.54 Å². The Kier molecular flexibility index (Phi) is 3.58. The monoisotopic (exact) mass is 263 g/mol. The highest BCUT2D eigenvalue weighted by molar-refractivity contribution is 5.32. The zero-order valence-electron chi connectivity index (χ0n) is 12.7. The Morgan fingerprint density at radius 3 is 2.53 bits per heavy atom. The van der Waals surface area contributed by atoms with Gasteiger partial charge in [-0.3, -0.25) is 4.79 Å². The van der Waals surface area contributed by atoms with Crippen molar-refractivity contribution in [1.82, 2.24) is 9.47 Å². The van der Waals surface area contributed by atoms with Crippen molar-refractivity contribution in [2.75, 3.05) is 13.6 Å². The second kappa shape index (κ2) is 4.76. The minimum Gasteiger partial charge on any atom is -0.322 e. The van der Waals surface area contributed by atoms with Crippen molar-refractivity contribution in [1.29, 1.82) is 0 Å². The molecule has 19 heavy (non-hydrogen) atoms. The fraction of sp³-hybridized carbons (Fsp3) is 0.667. The molecule has 1 aliphatic heterocycles. The normalized spacial score (nSPS) is 16.8. The van der Waals surface area contributed by atoms with Gasteiger partial charge in [0.1, 0.15) is 0 Å². The SMILES string of the molecule is CC(C)n1c2c(cc(C(C)(C)N)c1=O)CN(C)CC2. The molecule has 2 heterocycles. The summed E-state index contributed by atoms with van der Waals surface area (Å²) >= 11 is 0. The molecule has 106 valence electrons. The smallest absolute Gasteiger partial charge is 0.256 e. The molecule has 0 aliphatic carbocycles. The third kappa shape index (κ3) is 2.60. The largest absolute Gasteiger partial charge is 0.322 e. The van der Waals surface area contributed by atoms with Crippen molar-refractivity contribution in [3.63, 3.8) is 0 Å². The Hall–Kier alpha value is -1.13. The first kappa shape index (κ1) is 14.3. The van der Waals surface area contributed by atoms with Crippen molar-refractivity contribution in [2.24, 2.45) is 5.73 Å². The van der Waals surface area contributed by atoms with E-state index in [1.165, 1.54) is 11.3 Å². The van der Waals surface area contributed by atoms with Gasteiger partial charge in [0.2, 0.25) is 0 Å². The summed E-state index contributed by atoms with van der Waals surface area (Å²) in [7, 11) is 2.11. The number of likely N-dealkylation sites (N-methyl/N-ethyl adjacent to an activating group) is 1. The van der Waals surface area contributed by atoms with Gasteiger partial charge in [0.25, 0.3) is 5.56 Å². The fourth-order valence-electron chi connectivity index (χ4n) is 2.82. The Labute approximate surface area is 115 Å². The standard InChI is InChI=1S/C15H25N3O/c1-10(2)18-13-6-7-17(5)9-11(13)8-12(14(18)19)15(3,4)16/h8,10H,6-7,9,16H2,1-5H3. The predicted molar refractivity (Wildman–Crippen MR) is 78.3 cm³/mol. The highest BCUT2D eigenvalue weighted by atomic mass is 16.1. The van der Waals surface area contributed by atoms with Gasteiger partial charge < -0.3 is 15.2 Å². The first-order valence-corrected chi connectivity index (χ1v) is 6.97. The summed E-state index contributed by atoms with van der Waals surface area (Å²) in [6, 6.07) is 2.19. The predicted octanol–water partition coefficient (Wildman–Crippen LogP) is 1.61. The van der Waals surface area contributed by atoms with E-state index in [4.69, 9.17) is 5.73 Å². The molecule has 1 aliphatic rings. The maximum absolute atomic E-state index is 12.7. The number of rotatable bonds is 2. The minimum atomic E-state index is -0.598. The van der Waals surface area contributed by atoms with Crippen LogP contribution in [0.4, 0.5) is 0 Å². The van der Waals surface area contributed by atoms with Crippen molar-refractivity contribution >= 4 is 0 Å². The average Bonchev–Trinajstić information content (AvgIpc) is 2.26. The summed E-state index contributed by atoms with van der Waals surface area (Å²) in [5.41, 5.74) is 8.79. The van der Waals surface area contributed by atoms with E-state index in [9.17, 15) is 4.79 Å². The fourth-order valence-corrected chi connectivity index (χ4v) is 2.82. The van der Waals surface area contributed by atoms with E-state index in [1.54, 1.807) is 0 Å². The van der Waals surface area contributed by atoms with E-state index in [0.29, 0.717) is 0 Å². The lowest BCUT2D eigenvalue weighted by molar-refractivity contribution is 0.300. The van der Waals surface area contributed by atoms with Crippen molar-refractivity contribution < 1.29 is 0 Å². The molecule has 0 radical (unpaired) electrons. The van der Waals surface area contributed by atoms with Crippen LogP contribution in [-0.2, 0) is 18.5 Å². The van der Waals surface area contributed by atoms with E-state index >= 15 is 0 Å². The zero-order valence-corrected chi connectivity index (χ0v) is 12.7. The first-order valence-electron chi connectivity index (χ1n) is 6.97. The lowest BCUT2D eigenvalue weighted by atomic mass is 9.92. The second-order valence-electron chi connectivity index (χ2n) is 6.51. The van der Waals surface area contributed by atoms with Crippen LogP contribution in [0.3, 0.4) is 0 Å². The maximum atomic E-state index is 12.7.